The Morgan fingerprint density at radius 3 is 2.07 bits per heavy atom. The number of nitrogens with one attached hydrogen (secondary N) is 1. The van der Waals surface area contributed by atoms with E-state index in [0.717, 1.165) is 21.6 Å². The molecule has 0 saturated heterocycles. The number of hydrazone groups is 1. The highest BCUT2D eigenvalue weighted by Gasteiger charge is 2.26. The zero-order valence-electron chi connectivity index (χ0n) is 17.8. The van der Waals surface area contributed by atoms with Crippen LogP contribution in [-0.4, -0.2) is 23.0 Å². The number of phenolic OH excluding ortho intramolecular Hbond substituents is 1. The van der Waals surface area contributed by atoms with Crippen LogP contribution >= 0.6 is 23.4 Å². The molecule has 0 aliphatic rings. The van der Waals surface area contributed by atoms with Crippen molar-refractivity contribution in [3.63, 3.8) is 0 Å². The van der Waals surface area contributed by atoms with Crippen molar-refractivity contribution in [2.24, 2.45) is 5.10 Å². The average molecular weight is 433 g/mol. The molecule has 6 heteroatoms. The molecule has 156 valence electrons. The zero-order chi connectivity index (χ0) is 21.8. The lowest BCUT2D eigenvalue weighted by atomic mass is 9.78. The van der Waals surface area contributed by atoms with Crippen LogP contribution in [0.1, 0.15) is 58.2 Å². The van der Waals surface area contributed by atoms with Crippen molar-refractivity contribution in [1.82, 2.24) is 5.43 Å². The number of hydrogen-bond acceptors (Lipinski definition) is 4. The minimum atomic E-state index is -0.216. The van der Waals surface area contributed by atoms with E-state index in [1.165, 1.54) is 11.8 Å². The lowest BCUT2D eigenvalue weighted by Gasteiger charge is -2.27. The van der Waals surface area contributed by atoms with Crippen molar-refractivity contribution in [1.29, 1.82) is 0 Å². The largest absolute Gasteiger partial charge is 0.507 e. The van der Waals surface area contributed by atoms with Crippen molar-refractivity contribution in [2.75, 3.05) is 5.75 Å². The number of hydrogen-bond donors (Lipinski definition) is 2. The number of thioether (sulfide) groups is 1. The van der Waals surface area contributed by atoms with E-state index < -0.39 is 0 Å². The fourth-order valence-corrected chi connectivity index (χ4v) is 3.58. The summed E-state index contributed by atoms with van der Waals surface area (Å²) in [4.78, 5) is 13.0. The topological polar surface area (TPSA) is 61.7 Å². The first-order valence-corrected chi connectivity index (χ1v) is 10.8. The number of benzene rings is 2. The Bertz CT molecular complexity index is 860. The first-order valence-electron chi connectivity index (χ1n) is 9.46. The summed E-state index contributed by atoms with van der Waals surface area (Å²) in [6.07, 6.45) is 1.62. The van der Waals surface area contributed by atoms with Gasteiger partial charge in [0.1, 0.15) is 5.75 Å². The summed E-state index contributed by atoms with van der Waals surface area (Å²) >= 11 is 7.29. The number of nitrogens with zero attached hydrogens (tertiary/aromatic N) is 1. The molecule has 0 heterocycles. The van der Waals surface area contributed by atoms with Gasteiger partial charge in [-0.3, -0.25) is 4.79 Å². The van der Waals surface area contributed by atoms with E-state index in [0.29, 0.717) is 10.8 Å². The van der Waals surface area contributed by atoms with Crippen molar-refractivity contribution in [3.05, 3.63) is 58.1 Å². The second-order valence-electron chi connectivity index (χ2n) is 9.00. The van der Waals surface area contributed by atoms with Crippen LogP contribution in [0.3, 0.4) is 0 Å². The molecule has 2 aromatic carbocycles. The number of rotatable bonds is 5. The van der Waals surface area contributed by atoms with Gasteiger partial charge in [0, 0.05) is 21.0 Å². The van der Waals surface area contributed by atoms with Gasteiger partial charge in [-0.15, -0.1) is 11.8 Å². The standard InChI is InChI=1S/C23H29ClN2O2S/c1-22(2,3)18-11-15(12-19(21(18)28)23(4,5)6)13-25-26-20(27)14-29-17-9-7-16(24)8-10-17/h7-13,28H,14H2,1-6H3,(H,26,27)/b25-13-. The normalized spacial score (nSPS) is 12.4. The number of amides is 1. The molecule has 1 amide bonds. The lowest BCUT2D eigenvalue weighted by Crippen LogP contribution is -2.20. The molecule has 0 spiro atoms. The SMILES string of the molecule is CC(C)(C)c1cc(/C=N\NC(=O)CSc2ccc(Cl)cc2)cc(C(C)(C)C)c1O. The zero-order valence-corrected chi connectivity index (χ0v) is 19.4. The predicted octanol–water partition coefficient (Wildman–Crippen LogP) is 5.88. The Labute approximate surface area is 182 Å². The summed E-state index contributed by atoms with van der Waals surface area (Å²) in [5.41, 5.74) is 4.68. The van der Waals surface area contributed by atoms with Crippen molar-refractivity contribution < 1.29 is 9.90 Å². The molecule has 0 aromatic heterocycles. The molecule has 2 rings (SSSR count). The minimum absolute atomic E-state index is 0.188. The summed E-state index contributed by atoms with van der Waals surface area (Å²) in [6.45, 7) is 12.4. The van der Waals surface area contributed by atoms with Gasteiger partial charge in [-0.2, -0.15) is 5.10 Å². The highest BCUT2D eigenvalue weighted by Crippen LogP contribution is 2.39. The minimum Gasteiger partial charge on any atom is -0.507 e. The van der Waals surface area contributed by atoms with Gasteiger partial charge in [0.15, 0.2) is 0 Å². The van der Waals surface area contributed by atoms with Crippen molar-refractivity contribution in [3.8, 4) is 5.75 Å². The van der Waals surface area contributed by atoms with E-state index in [9.17, 15) is 9.90 Å². The molecular weight excluding hydrogens is 404 g/mol. The Kier molecular flexibility index (Phi) is 7.41. The van der Waals surface area contributed by atoms with Crippen LogP contribution in [0, 0.1) is 0 Å². The lowest BCUT2D eigenvalue weighted by molar-refractivity contribution is -0.118. The van der Waals surface area contributed by atoms with E-state index >= 15 is 0 Å². The van der Waals surface area contributed by atoms with Crippen LogP contribution < -0.4 is 5.43 Å². The molecule has 0 radical (unpaired) electrons. The van der Waals surface area contributed by atoms with Crippen molar-refractivity contribution >= 4 is 35.5 Å². The maximum absolute atomic E-state index is 12.1. The van der Waals surface area contributed by atoms with E-state index in [-0.39, 0.29) is 22.5 Å². The van der Waals surface area contributed by atoms with E-state index in [1.807, 2.05) is 24.3 Å². The number of aromatic hydroxyl groups is 1. The smallest absolute Gasteiger partial charge is 0.250 e. The Hall–Kier alpha value is -1.98. The van der Waals surface area contributed by atoms with E-state index in [2.05, 4.69) is 52.1 Å². The molecule has 0 atom stereocenters. The Balaban J connectivity index is 2.11. The predicted molar refractivity (Wildman–Crippen MR) is 123 cm³/mol. The molecule has 0 saturated carbocycles. The third-order valence-corrected chi connectivity index (χ3v) is 5.60. The van der Waals surface area contributed by atoms with Crippen LogP contribution in [0.4, 0.5) is 0 Å². The molecule has 2 N–H and O–H groups in total. The van der Waals surface area contributed by atoms with Gasteiger partial charge >= 0.3 is 0 Å². The van der Waals surface area contributed by atoms with Gasteiger partial charge < -0.3 is 5.11 Å². The summed E-state index contributed by atoms with van der Waals surface area (Å²) in [6, 6.07) is 11.2. The van der Waals surface area contributed by atoms with Crippen LogP contribution in [0.5, 0.6) is 5.75 Å². The highest BCUT2D eigenvalue weighted by molar-refractivity contribution is 8.00. The first-order chi connectivity index (χ1) is 13.4. The molecule has 4 nitrogen and oxygen atoms in total. The van der Waals surface area contributed by atoms with Crippen LogP contribution in [-0.2, 0) is 15.6 Å². The summed E-state index contributed by atoms with van der Waals surface area (Å²) < 4.78 is 0. The maximum Gasteiger partial charge on any atom is 0.250 e. The number of carbonyl (C=O) groups excluding carboxylic acids is 1. The molecule has 0 aliphatic carbocycles. The number of phenols is 1. The van der Waals surface area contributed by atoms with E-state index in [4.69, 9.17) is 11.6 Å². The van der Waals surface area contributed by atoms with Gasteiger partial charge in [0.2, 0.25) is 5.91 Å². The quantitative estimate of drug-likeness (QED) is 0.352. The second-order valence-corrected chi connectivity index (χ2v) is 10.5. The molecule has 0 unspecified atom stereocenters. The van der Waals surface area contributed by atoms with Crippen LogP contribution in [0.15, 0.2) is 46.4 Å². The molecule has 2 aromatic rings. The number of halogens is 1. The highest BCUT2D eigenvalue weighted by atomic mass is 35.5. The van der Waals surface area contributed by atoms with E-state index in [1.54, 1.807) is 18.3 Å². The second kappa shape index (κ2) is 9.23. The summed E-state index contributed by atoms with van der Waals surface area (Å²) in [7, 11) is 0. The van der Waals surface area contributed by atoms with Gasteiger partial charge in [-0.1, -0.05) is 53.1 Å². The Morgan fingerprint density at radius 2 is 1.59 bits per heavy atom. The summed E-state index contributed by atoms with van der Waals surface area (Å²) in [5, 5.41) is 15.5. The molecular formula is C23H29ClN2O2S. The molecule has 29 heavy (non-hydrogen) atoms. The third kappa shape index (κ3) is 6.79. The fraction of sp³-hybridized carbons (Fsp3) is 0.391. The molecule has 0 bridgehead atoms. The van der Waals surface area contributed by atoms with Crippen LogP contribution in [0.2, 0.25) is 5.02 Å². The van der Waals surface area contributed by atoms with Gasteiger partial charge in [-0.05, 0) is 52.8 Å². The van der Waals surface area contributed by atoms with Crippen molar-refractivity contribution in [2.45, 2.75) is 57.3 Å². The van der Waals surface area contributed by atoms with Gasteiger partial charge in [0.05, 0.1) is 12.0 Å². The van der Waals surface area contributed by atoms with Gasteiger partial charge in [-0.25, -0.2) is 5.43 Å². The fourth-order valence-electron chi connectivity index (χ4n) is 2.77. The molecule has 0 fully saturated rings. The first kappa shape index (κ1) is 23.3. The Morgan fingerprint density at radius 1 is 1.07 bits per heavy atom. The van der Waals surface area contributed by atoms with Crippen LogP contribution in [0.25, 0.3) is 0 Å². The molecule has 0 aliphatic heterocycles. The number of carbonyl (C=O) groups is 1. The average Bonchev–Trinajstić information content (AvgIpc) is 2.60. The maximum atomic E-state index is 12.1. The third-order valence-electron chi connectivity index (χ3n) is 4.33. The van der Waals surface area contributed by atoms with Gasteiger partial charge in [0.25, 0.3) is 0 Å². The monoisotopic (exact) mass is 432 g/mol. The summed E-state index contributed by atoms with van der Waals surface area (Å²) in [5.74, 6) is 0.396.